The summed E-state index contributed by atoms with van der Waals surface area (Å²) in [5.74, 6) is -0.116. The maximum atomic E-state index is 12.0. The molecule has 0 saturated heterocycles. The summed E-state index contributed by atoms with van der Waals surface area (Å²) in [5, 5.41) is 12.0. The minimum atomic E-state index is -0.116. The minimum absolute atomic E-state index is 0.0656. The minimum Gasteiger partial charge on any atom is -0.399 e. The third-order valence-corrected chi connectivity index (χ3v) is 3.42. The maximum Gasteiger partial charge on any atom is 0.251 e. The van der Waals surface area contributed by atoms with Crippen LogP contribution in [-0.4, -0.2) is 24.2 Å². The number of carbonyl (C=O) groups excluding carboxylic acids is 1. The Kier molecular flexibility index (Phi) is 3.07. The van der Waals surface area contributed by atoms with Gasteiger partial charge in [-0.3, -0.25) is 4.79 Å². The van der Waals surface area contributed by atoms with Gasteiger partial charge >= 0.3 is 0 Å². The molecule has 4 N–H and O–H groups in total. The number of carbonyl (C=O) groups is 1. The van der Waals surface area contributed by atoms with Crippen molar-refractivity contribution in [1.82, 2.24) is 5.32 Å². The largest absolute Gasteiger partial charge is 0.399 e. The molecule has 4 nitrogen and oxygen atoms in total. The molecule has 4 heteroatoms. The zero-order valence-corrected chi connectivity index (χ0v) is 9.99. The van der Waals surface area contributed by atoms with Gasteiger partial charge in [0.1, 0.15) is 0 Å². The van der Waals surface area contributed by atoms with Crippen LogP contribution in [0.4, 0.5) is 5.69 Å². The first-order valence-electron chi connectivity index (χ1n) is 5.81. The van der Waals surface area contributed by atoms with E-state index in [9.17, 15) is 4.79 Å². The standard InChI is InChI=1S/C13H18N2O2/c1-9-2-3-10(14)6-11(9)12(17)15-7-13(8-16)4-5-13/h2-3,6,16H,4-5,7-8,14H2,1H3,(H,15,17). The first kappa shape index (κ1) is 11.9. The number of nitrogens with one attached hydrogen (secondary N) is 1. The molecule has 0 bridgehead atoms. The van der Waals surface area contributed by atoms with Crippen LogP contribution >= 0.6 is 0 Å². The lowest BCUT2D eigenvalue weighted by Gasteiger charge is -2.13. The number of aliphatic hydroxyl groups excluding tert-OH is 1. The van der Waals surface area contributed by atoms with Crippen molar-refractivity contribution in [3.63, 3.8) is 0 Å². The fourth-order valence-corrected chi connectivity index (χ4v) is 1.81. The number of anilines is 1. The van der Waals surface area contributed by atoms with E-state index in [1.165, 1.54) is 0 Å². The molecule has 2 rings (SSSR count). The molecule has 0 radical (unpaired) electrons. The molecule has 92 valence electrons. The van der Waals surface area contributed by atoms with Crippen LogP contribution in [0.1, 0.15) is 28.8 Å². The van der Waals surface area contributed by atoms with E-state index in [1.807, 2.05) is 13.0 Å². The smallest absolute Gasteiger partial charge is 0.251 e. The SMILES string of the molecule is Cc1ccc(N)cc1C(=O)NCC1(CO)CC1. The van der Waals surface area contributed by atoms with Gasteiger partial charge in [-0.15, -0.1) is 0 Å². The summed E-state index contributed by atoms with van der Waals surface area (Å²) in [6.45, 7) is 2.56. The van der Waals surface area contributed by atoms with E-state index in [0.717, 1.165) is 18.4 Å². The molecular weight excluding hydrogens is 216 g/mol. The van der Waals surface area contributed by atoms with Crippen molar-refractivity contribution in [3.8, 4) is 0 Å². The fraction of sp³-hybridized carbons (Fsp3) is 0.462. The van der Waals surface area contributed by atoms with Gasteiger partial charge in [0.2, 0.25) is 0 Å². The third-order valence-electron chi connectivity index (χ3n) is 3.42. The number of rotatable bonds is 4. The number of aryl methyl sites for hydroxylation is 1. The monoisotopic (exact) mass is 234 g/mol. The second kappa shape index (κ2) is 4.37. The van der Waals surface area contributed by atoms with Crippen LogP contribution in [0.3, 0.4) is 0 Å². The van der Waals surface area contributed by atoms with Gasteiger partial charge in [0.15, 0.2) is 0 Å². The zero-order valence-electron chi connectivity index (χ0n) is 9.99. The first-order chi connectivity index (χ1) is 8.06. The Balaban J connectivity index is 2.02. The Morgan fingerprint density at radius 3 is 2.82 bits per heavy atom. The third kappa shape index (κ3) is 2.58. The van der Waals surface area contributed by atoms with Crippen molar-refractivity contribution >= 4 is 11.6 Å². The number of benzene rings is 1. The molecule has 1 aromatic rings. The maximum absolute atomic E-state index is 12.0. The average molecular weight is 234 g/mol. The van der Waals surface area contributed by atoms with Gasteiger partial charge in [-0.25, -0.2) is 0 Å². The topological polar surface area (TPSA) is 75.4 Å². The molecule has 1 amide bonds. The molecular formula is C13H18N2O2. The number of nitrogens with two attached hydrogens (primary N) is 1. The number of hydrogen-bond acceptors (Lipinski definition) is 3. The predicted molar refractivity (Wildman–Crippen MR) is 66.7 cm³/mol. The van der Waals surface area contributed by atoms with Gasteiger partial charge in [-0.1, -0.05) is 6.07 Å². The Bertz CT molecular complexity index is 439. The predicted octanol–water partition coefficient (Wildman–Crippen LogP) is 1.08. The van der Waals surface area contributed by atoms with Gasteiger partial charge < -0.3 is 16.2 Å². The second-order valence-electron chi connectivity index (χ2n) is 4.92. The van der Waals surface area contributed by atoms with Crippen LogP contribution in [0.5, 0.6) is 0 Å². The summed E-state index contributed by atoms with van der Waals surface area (Å²) in [5.41, 5.74) is 7.71. The Hall–Kier alpha value is -1.55. The van der Waals surface area contributed by atoms with Crippen LogP contribution < -0.4 is 11.1 Å². The van der Waals surface area contributed by atoms with Gasteiger partial charge in [0.05, 0.1) is 6.61 Å². The van der Waals surface area contributed by atoms with Crippen molar-refractivity contribution in [3.05, 3.63) is 29.3 Å². The Labute approximate surface area is 101 Å². The molecule has 1 fully saturated rings. The first-order valence-corrected chi connectivity index (χ1v) is 5.81. The number of nitrogen functional groups attached to an aromatic ring is 1. The highest BCUT2D eigenvalue weighted by atomic mass is 16.3. The number of amides is 1. The van der Waals surface area contributed by atoms with Gasteiger partial charge in [0, 0.05) is 23.2 Å². The highest BCUT2D eigenvalue weighted by Gasteiger charge is 2.42. The molecule has 1 saturated carbocycles. The summed E-state index contributed by atoms with van der Waals surface area (Å²) in [6, 6.07) is 5.30. The molecule has 1 aromatic carbocycles. The number of hydrogen-bond donors (Lipinski definition) is 3. The van der Waals surface area contributed by atoms with Crippen molar-refractivity contribution in [2.75, 3.05) is 18.9 Å². The lowest BCUT2D eigenvalue weighted by molar-refractivity contribution is 0.0934. The second-order valence-corrected chi connectivity index (χ2v) is 4.92. The highest BCUT2D eigenvalue weighted by molar-refractivity contribution is 5.96. The summed E-state index contributed by atoms with van der Waals surface area (Å²) < 4.78 is 0. The molecule has 0 aliphatic heterocycles. The van der Waals surface area contributed by atoms with E-state index >= 15 is 0 Å². The summed E-state index contributed by atoms with van der Waals surface area (Å²) >= 11 is 0. The normalized spacial score (nSPS) is 16.6. The Morgan fingerprint density at radius 1 is 1.53 bits per heavy atom. The van der Waals surface area contributed by atoms with Crippen LogP contribution in [0.2, 0.25) is 0 Å². The van der Waals surface area contributed by atoms with Crippen LogP contribution in [0.25, 0.3) is 0 Å². The van der Waals surface area contributed by atoms with Gasteiger partial charge in [0.25, 0.3) is 5.91 Å². The molecule has 17 heavy (non-hydrogen) atoms. The fourth-order valence-electron chi connectivity index (χ4n) is 1.81. The lowest BCUT2D eigenvalue weighted by atomic mass is 10.1. The molecule has 0 heterocycles. The van der Waals surface area contributed by atoms with Gasteiger partial charge in [-0.05, 0) is 37.5 Å². The summed E-state index contributed by atoms with van der Waals surface area (Å²) in [7, 11) is 0. The molecule has 0 unspecified atom stereocenters. The quantitative estimate of drug-likeness (QED) is 0.682. The molecule has 0 atom stereocenters. The van der Waals surface area contributed by atoms with Crippen LogP contribution in [0, 0.1) is 12.3 Å². The van der Waals surface area contributed by atoms with Crippen molar-refractivity contribution in [1.29, 1.82) is 0 Å². The number of aliphatic hydroxyl groups is 1. The van der Waals surface area contributed by atoms with E-state index < -0.39 is 0 Å². The van der Waals surface area contributed by atoms with Crippen LogP contribution in [-0.2, 0) is 0 Å². The van der Waals surface area contributed by atoms with Gasteiger partial charge in [-0.2, -0.15) is 0 Å². The van der Waals surface area contributed by atoms with Crippen molar-refractivity contribution < 1.29 is 9.90 Å². The van der Waals surface area contributed by atoms with E-state index in [0.29, 0.717) is 17.8 Å². The zero-order chi connectivity index (χ0) is 12.5. The average Bonchev–Trinajstić information content (AvgIpc) is 3.10. The molecule has 0 spiro atoms. The summed E-state index contributed by atoms with van der Waals surface area (Å²) in [6.07, 6.45) is 1.97. The van der Waals surface area contributed by atoms with Crippen molar-refractivity contribution in [2.45, 2.75) is 19.8 Å². The van der Waals surface area contributed by atoms with E-state index in [4.69, 9.17) is 10.8 Å². The van der Waals surface area contributed by atoms with E-state index in [1.54, 1.807) is 12.1 Å². The van der Waals surface area contributed by atoms with Crippen LogP contribution in [0.15, 0.2) is 18.2 Å². The van der Waals surface area contributed by atoms with Crippen molar-refractivity contribution in [2.24, 2.45) is 5.41 Å². The highest BCUT2D eigenvalue weighted by Crippen LogP contribution is 2.44. The molecule has 1 aliphatic carbocycles. The van der Waals surface area contributed by atoms with E-state index in [-0.39, 0.29) is 17.9 Å². The lowest BCUT2D eigenvalue weighted by Crippen LogP contribution is -2.32. The molecule has 0 aromatic heterocycles. The Morgan fingerprint density at radius 2 is 2.24 bits per heavy atom. The molecule has 1 aliphatic rings. The van der Waals surface area contributed by atoms with E-state index in [2.05, 4.69) is 5.32 Å². The summed E-state index contributed by atoms with van der Waals surface area (Å²) in [4.78, 5) is 12.0.